The minimum Gasteiger partial charge on any atom is -0.481 e. The molecule has 4 heterocycles. The zero-order valence-electron chi connectivity index (χ0n) is 36.7. The molecule has 0 aliphatic heterocycles. The van der Waals surface area contributed by atoms with E-state index in [0.717, 1.165) is 59.7 Å². The molecule has 0 saturated heterocycles. The van der Waals surface area contributed by atoms with Crippen molar-refractivity contribution >= 4 is 46.3 Å². The van der Waals surface area contributed by atoms with Gasteiger partial charge in [0.25, 0.3) is 0 Å². The largest absolute Gasteiger partial charge is 0.493 e. The number of aromatic nitrogens is 4. The number of benzene rings is 2. The molecule has 68 heavy (non-hydrogen) atoms. The first-order valence-electron chi connectivity index (χ1n) is 20.7. The maximum Gasteiger partial charge on any atom is 0.493 e. The second-order valence-electron chi connectivity index (χ2n) is 13.9. The van der Waals surface area contributed by atoms with Crippen molar-refractivity contribution in [1.82, 2.24) is 19.9 Å². The molecule has 0 fully saturated rings. The van der Waals surface area contributed by atoms with Gasteiger partial charge < -0.3 is 39.0 Å². The van der Waals surface area contributed by atoms with Crippen molar-refractivity contribution < 1.29 is 38.6 Å². The molecule has 2 aliphatic carbocycles. The van der Waals surface area contributed by atoms with Gasteiger partial charge in [0.05, 0.1) is 27.4 Å². The van der Waals surface area contributed by atoms with Crippen molar-refractivity contribution in [2.24, 2.45) is 0 Å². The predicted molar refractivity (Wildman–Crippen MR) is 270 cm³/mol. The molecular weight excluding hydrogens is 855 g/mol. The number of carbonyl (C=O) groups excluding carboxylic acids is 2. The molecule has 2 aromatic carbocycles. The fourth-order valence-electron chi connectivity index (χ4n) is 7.41. The smallest absolute Gasteiger partial charge is 0.481 e. The van der Waals surface area contributed by atoms with Crippen LogP contribution in [0.2, 0.25) is 0 Å². The van der Waals surface area contributed by atoms with Crippen molar-refractivity contribution in [3.05, 3.63) is 171 Å². The van der Waals surface area contributed by atoms with Gasteiger partial charge in [0.1, 0.15) is 11.4 Å². The van der Waals surface area contributed by atoms with E-state index in [9.17, 15) is 9.59 Å². The van der Waals surface area contributed by atoms with Crippen molar-refractivity contribution in [3.8, 4) is 22.9 Å². The van der Waals surface area contributed by atoms with Crippen LogP contribution in [-0.2, 0) is 35.2 Å². The monoisotopic (exact) mass is 914 g/mol. The number of ether oxygens (including phenoxy) is 4. The lowest BCUT2D eigenvalue weighted by Crippen LogP contribution is -2.31. The van der Waals surface area contributed by atoms with Crippen LogP contribution in [-0.4, -0.2) is 76.5 Å². The summed E-state index contributed by atoms with van der Waals surface area (Å²) in [5.41, 5.74) is 34.8. The Kier molecular flexibility index (Phi) is 23.7. The summed E-state index contributed by atoms with van der Waals surface area (Å²) < 4.78 is 20.5. The zero-order valence-corrected chi connectivity index (χ0v) is 36.7. The van der Waals surface area contributed by atoms with Gasteiger partial charge in [-0.3, -0.25) is 0 Å². The molecule has 0 bridgehead atoms. The molecule has 2 aliphatic rings. The Morgan fingerprint density at radius 3 is 1.76 bits per heavy atom. The van der Waals surface area contributed by atoms with Gasteiger partial charge in [-0.05, 0) is 170 Å². The Balaban J connectivity index is 0.000000325. The maximum absolute atomic E-state index is 12.6. The molecule has 0 unspecified atom stereocenters. The number of nitrogens with zero attached hydrogens (tertiary/aromatic N) is 2. The van der Waals surface area contributed by atoms with Gasteiger partial charge in [-0.2, -0.15) is 0 Å². The Labute approximate surface area is 399 Å². The molecule has 6 aromatic rings. The number of aryl methyl sites for hydroxylation is 4. The molecule has 0 atom stereocenters. The molecule has 4 N–H and O–H groups in total. The van der Waals surface area contributed by atoms with Gasteiger partial charge in [0.2, 0.25) is 11.8 Å². The summed E-state index contributed by atoms with van der Waals surface area (Å²) in [6.45, 7) is 10.9. The van der Waals surface area contributed by atoms with Crippen LogP contribution in [0.4, 0.5) is 0 Å². The summed E-state index contributed by atoms with van der Waals surface area (Å²) in [7, 11) is 1.49. The second kappa shape index (κ2) is 28.7. The van der Waals surface area contributed by atoms with E-state index in [1.165, 1.54) is 53.4 Å². The number of hydrogen-bond acceptors (Lipinski definition) is 10. The van der Waals surface area contributed by atoms with Crippen LogP contribution in [0.3, 0.4) is 0 Å². The van der Waals surface area contributed by atoms with E-state index in [1.807, 2.05) is 32.0 Å². The molecule has 0 radical (unpaired) electrons. The van der Waals surface area contributed by atoms with Crippen molar-refractivity contribution in [1.29, 1.82) is 0 Å². The van der Waals surface area contributed by atoms with Crippen LogP contribution in [0.5, 0.6) is 11.8 Å². The molecule has 4 aromatic heterocycles. The zero-order chi connectivity index (χ0) is 46.6. The summed E-state index contributed by atoms with van der Waals surface area (Å²) in [5.74, 6) is 0.119. The van der Waals surface area contributed by atoms with Gasteiger partial charge in [-0.1, -0.05) is 51.9 Å². The number of rotatable bonds is 8. The van der Waals surface area contributed by atoms with E-state index in [4.69, 9.17) is 29.0 Å². The lowest BCUT2D eigenvalue weighted by molar-refractivity contribution is 0.0511. The van der Waals surface area contributed by atoms with Gasteiger partial charge in [-0.15, -0.1) is 0 Å². The highest BCUT2D eigenvalue weighted by molar-refractivity contribution is 6.59. The highest BCUT2D eigenvalue weighted by Gasteiger charge is 2.27. The number of carbonyl (C=O) groups is 2. The third-order valence-electron chi connectivity index (χ3n) is 10.0. The van der Waals surface area contributed by atoms with E-state index >= 15 is 0 Å². The quantitative estimate of drug-likeness (QED) is 0.0655. The third kappa shape index (κ3) is 14.2. The van der Waals surface area contributed by atoms with Crippen LogP contribution < -0.4 is 14.9 Å². The fourth-order valence-corrected chi connectivity index (χ4v) is 7.41. The van der Waals surface area contributed by atoms with Crippen LogP contribution in [0, 0.1) is 0 Å². The molecule has 13 heteroatoms. The highest BCUT2D eigenvalue weighted by Crippen LogP contribution is 2.42. The lowest BCUT2D eigenvalue weighted by atomic mass is 9.81. The number of fused-ring (bicyclic) bond motifs is 6. The van der Waals surface area contributed by atoms with Crippen LogP contribution >= 0.6 is 0 Å². The first-order chi connectivity index (χ1) is 31.7. The van der Waals surface area contributed by atoms with E-state index in [-0.39, 0.29) is 45.6 Å². The van der Waals surface area contributed by atoms with E-state index < -0.39 is 7.12 Å². The van der Waals surface area contributed by atoms with Gasteiger partial charge in [-0.25, -0.2) is 19.6 Å². The van der Waals surface area contributed by atoms with Crippen LogP contribution in [0.15, 0.2) is 137 Å². The molecule has 0 saturated carbocycles. The van der Waals surface area contributed by atoms with E-state index in [0.29, 0.717) is 30.5 Å². The number of aromatic amines is 2. The first-order valence-corrected chi connectivity index (χ1v) is 20.7. The molecular formula is C55H59BN4O8. The normalized spacial score (nSPS) is 10.4. The lowest BCUT2D eigenvalue weighted by Gasteiger charge is -2.10. The average molecular weight is 915 g/mol. The fraction of sp³-hybridized carbons (Fsp3) is 0.273. The molecule has 0 spiro atoms. The first kappa shape index (κ1) is 56.0. The Morgan fingerprint density at radius 1 is 0.676 bits per heavy atom. The van der Waals surface area contributed by atoms with Gasteiger partial charge >= 0.3 is 19.1 Å². The number of esters is 2. The number of nitrogens with one attached hydrogen (secondary N) is 2. The highest BCUT2D eigenvalue weighted by atomic mass is 16.5. The van der Waals surface area contributed by atoms with E-state index in [1.54, 1.807) is 19.4 Å². The molecule has 12 nitrogen and oxygen atoms in total. The van der Waals surface area contributed by atoms with Crippen LogP contribution in [0.25, 0.3) is 32.9 Å². The maximum atomic E-state index is 12.6. The SMILES string of the molecule is C.C.C.C=C=C=C=C=C=C=C=C=C=C=C.CCOC(=O)c1[nH]c2ccc3c(c2c1-c1cccnc1OC)CCC3.CCOC(=O)c1cc2c3c(ccc2[nH]1)CCC3.COc1ncccc1B(O)O. The summed E-state index contributed by atoms with van der Waals surface area (Å²) in [4.78, 5) is 38.7. The van der Waals surface area contributed by atoms with Crippen LogP contribution in [0.1, 0.15) is 92.2 Å². The Hall–Kier alpha value is -8.12. The Morgan fingerprint density at radius 2 is 1.21 bits per heavy atom. The number of pyridine rings is 2. The van der Waals surface area contributed by atoms with Crippen molar-refractivity contribution in [2.45, 2.75) is 74.7 Å². The van der Waals surface area contributed by atoms with Gasteiger partial charge in [0, 0.05) is 50.8 Å². The number of methoxy groups -OCH3 is 2. The molecule has 0 amide bonds. The van der Waals surface area contributed by atoms with Crippen molar-refractivity contribution in [2.75, 3.05) is 27.4 Å². The number of hydrogen-bond donors (Lipinski definition) is 4. The summed E-state index contributed by atoms with van der Waals surface area (Å²) >= 11 is 0. The second-order valence-corrected chi connectivity index (χ2v) is 13.9. The third-order valence-corrected chi connectivity index (χ3v) is 10.0. The summed E-state index contributed by atoms with van der Waals surface area (Å²) in [6, 6.07) is 17.3. The number of H-pyrrole nitrogens is 2. The van der Waals surface area contributed by atoms with Crippen molar-refractivity contribution in [3.63, 3.8) is 0 Å². The van der Waals surface area contributed by atoms with Gasteiger partial charge in [0.15, 0.2) is 0 Å². The minimum atomic E-state index is -1.53. The average Bonchev–Trinajstić information content (AvgIpc) is 4.16. The Bertz CT molecular complexity index is 3030. The van der Waals surface area contributed by atoms with E-state index in [2.05, 4.69) is 115 Å². The summed E-state index contributed by atoms with van der Waals surface area (Å²) in [5, 5.41) is 19.8. The summed E-state index contributed by atoms with van der Waals surface area (Å²) in [6.07, 6.45) is 9.93. The standard InChI is InChI=1S/C20H20N2O3.C14H15NO2.C12H4.C6H8BNO3.3CH4/c1-3-25-20(23)18-17(14-8-5-11-21-19(14)24-2)16-13-7-4-6-12(13)9-10-15(16)22-18;1-2-17-14(16)13-8-11-10-5-3-4-9(10)6-7-12(11)15-13;1-3-5-7-9-11-12-10-8-6-4-2;1-11-6-5(7(9)10)3-2-4-8-6;;;/h5,8-11,22H,3-4,6-7H2,1-2H3;6-8,15H,2-5H2,1H3;1-2H2;2-4,9-10H,1H3;3*1H4. The minimum absolute atomic E-state index is 0. The molecule has 8 rings (SSSR count). The predicted octanol–water partition coefficient (Wildman–Crippen LogP) is 9.77. The topological polar surface area (TPSA) is 169 Å². The molecule has 350 valence electrons.